The molecule has 4 aromatic rings. The van der Waals surface area contributed by atoms with E-state index < -0.39 is 0 Å². The number of fused-ring (bicyclic) bond motifs is 3. The monoisotopic (exact) mass is 400 g/mol. The number of likely N-dealkylation sites (tertiary alicyclic amines) is 1. The van der Waals surface area contributed by atoms with Gasteiger partial charge in [-0.3, -0.25) is 9.69 Å². The van der Waals surface area contributed by atoms with E-state index in [1.54, 1.807) is 6.07 Å². The fourth-order valence-corrected chi connectivity index (χ4v) is 4.00. The second-order valence-corrected chi connectivity index (χ2v) is 7.68. The van der Waals surface area contributed by atoms with Crippen molar-refractivity contribution in [2.75, 3.05) is 31.6 Å². The highest BCUT2D eigenvalue weighted by molar-refractivity contribution is 6.10. The zero-order chi connectivity index (χ0) is 20.3. The SMILES string of the molecule is O=C(Nc1ccc(OCCN2CCCC2)cc1)c1ccc2oc3ccccc3c2c1. The minimum Gasteiger partial charge on any atom is -0.492 e. The number of carbonyl (C=O) groups is 1. The molecular formula is C25H24N2O3. The van der Waals surface area contributed by atoms with Crippen molar-refractivity contribution in [3.63, 3.8) is 0 Å². The Morgan fingerprint density at radius 1 is 0.933 bits per heavy atom. The Labute approximate surface area is 175 Å². The van der Waals surface area contributed by atoms with E-state index >= 15 is 0 Å². The molecule has 0 saturated carbocycles. The van der Waals surface area contributed by atoms with E-state index in [4.69, 9.17) is 9.15 Å². The molecule has 0 spiro atoms. The van der Waals surface area contributed by atoms with Crippen LogP contribution in [-0.2, 0) is 0 Å². The average molecular weight is 400 g/mol. The van der Waals surface area contributed by atoms with Crippen LogP contribution in [0.2, 0.25) is 0 Å². The van der Waals surface area contributed by atoms with Gasteiger partial charge in [0.25, 0.3) is 5.91 Å². The molecule has 0 bridgehead atoms. The largest absolute Gasteiger partial charge is 0.492 e. The van der Waals surface area contributed by atoms with Crippen molar-refractivity contribution in [1.29, 1.82) is 0 Å². The van der Waals surface area contributed by atoms with Gasteiger partial charge in [0.2, 0.25) is 0 Å². The molecule has 5 heteroatoms. The minimum absolute atomic E-state index is 0.148. The number of ether oxygens (including phenoxy) is 1. The zero-order valence-corrected chi connectivity index (χ0v) is 16.8. The van der Waals surface area contributed by atoms with Crippen molar-refractivity contribution in [1.82, 2.24) is 4.90 Å². The minimum atomic E-state index is -0.148. The molecule has 1 aromatic heterocycles. The van der Waals surface area contributed by atoms with Crippen LogP contribution in [0.1, 0.15) is 23.2 Å². The summed E-state index contributed by atoms with van der Waals surface area (Å²) in [7, 11) is 0. The number of hydrogen-bond acceptors (Lipinski definition) is 4. The van der Waals surface area contributed by atoms with E-state index in [9.17, 15) is 4.79 Å². The van der Waals surface area contributed by atoms with Gasteiger partial charge in [-0.1, -0.05) is 18.2 Å². The predicted octanol–water partition coefficient (Wildman–Crippen LogP) is 5.31. The van der Waals surface area contributed by atoms with E-state index in [2.05, 4.69) is 10.2 Å². The summed E-state index contributed by atoms with van der Waals surface area (Å²) in [6.07, 6.45) is 2.58. The van der Waals surface area contributed by atoms with Crippen LogP contribution in [0.5, 0.6) is 5.75 Å². The first-order valence-corrected chi connectivity index (χ1v) is 10.4. The summed E-state index contributed by atoms with van der Waals surface area (Å²) in [6.45, 7) is 4.00. The summed E-state index contributed by atoms with van der Waals surface area (Å²) in [5, 5.41) is 4.91. The predicted molar refractivity (Wildman–Crippen MR) is 119 cm³/mol. The fraction of sp³-hybridized carbons (Fsp3) is 0.240. The number of anilines is 1. The molecule has 0 aliphatic carbocycles. The standard InChI is InChI=1S/C25H24N2O3/c28-25(18-7-12-24-22(17-18)21-5-1-2-6-23(21)30-24)26-19-8-10-20(11-9-19)29-16-15-27-13-3-4-14-27/h1-2,5-12,17H,3-4,13-16H2,(H,26,28). The Morgan fingerprint density at radius 2 is 1.70 bits per heavy atom. The summed E-state index contributed by atoms with van der Waals surface area (Å²) >= 11 is 0. The molecule has 1 saturated heterocycles. The van der Waals surface area contributed by atoms with Crippen molar-refractivity contribution in [3.05, 3.63) is 72.3 Å². The van der Waals surface area contributed by atoms with Gasteiger partial charge in [0.1, 0.15) is 23.5 Å². The number of carbonyl (C=O) groups excluding carboxylic acids is 1. The lowest BCUT2D eigenvalue weighted by atomic mass is 10.1. The van der Waals surface area contributed by atoms with E-state index in [0.29, 0.717) is 12.2 Å². The number of benzene rings is 3. The third-order valence-corrected chi connectivity index (χ3v) is 5.63. The number of rotatable bonds is 6. The summed E-state index contributed by atoms with van der Waals surface area (Å²) < 4.78 is 11.7. The molecule has 0 atom stereocenters. The van der Waals surface area contributed by atoms with Crippen molar-refractivity contribution >= 4 is 33.5 Å². The van der Waals surface area contributed by atoms with Gasteiger partial charge in [0.15, 0.2) is 0 Å². The fourth-order valence-electron chi connectivity index (χ4n) is 4.00. The molecule has 30 heavy (non-hydrogen) atoms. The third kappa shape index (κ3) is 3.89. The van der Waals surface area contributed by atoms with Crippen LogP contribution in [0.15, 0.2) is 71.1 Å². The summed E-state index contributed by atoms with van der Waals surface area (Å²) in [4.78, 5) is 15.2. The van der Waals surface area contributed by atoms with Crippen LogP contribution in [-0.4, -0.2) is 37.0 Å². The summed E-state index contributed by atoms with van der Waals surface area (Å²) in [6, 6.07) is 20.9. The molecule has 5 rings (SSSR count). The van der Waals surface area contributed by atoms with Crippen LogP contribution >= 0.6 is 0 Å². The number of hydrogen-bond donors (Lipinski definition) is 1. The number of nitrogens with one attached hydrogen (secondary N) is 1. The quantitative estimate of drug-likeness (QED) is 0.476. The van der Waals surface area contributed by atoms with Crippen LogP contribution < -0.4 is 10.1 Å². The van der Waals surface area contributed by atoms with E-state index in [0.717, 1.165) is 39.9 Å². The highest BCUT2D eigenvalue weighted by Gasteiger charge is 2.12. The van der Waals surface area contributed by atoms with Gasteiger partial charge in [-0.2, -0.15) is 0 Å². The number of furan rings is 1. The Bertz CT molecular complexity index is 1170. The first-order valence-electron chi connectivity index (χ1n) is 10.4. The summed E-state index contributed by atoms with van der Waals surface area (Å²) in [5.74, 6) is 0.670. The molecule has 1 N–H and O–H groups in total. The second kappa shape index (κ2) is 8.20. The number of nitrogens with zero attached hydrogens (tertiary/aromatic N) is 1. The molecule has 1 aliphatic heterocycles. The first kappa shape index (κ1) is 18.7. The average Bonchev–Trinajstić information content (AvgIpc) is 3.42. The smallest absolute Gasteiger partial charge is 0.255 e. The van der Waals surface area contributed by atoms with Crippen molar-refractivity contribution in [3.8, 4) is 5.75 Å². The van der Waals surface area contributed by atoms with Gasteiger partial charge in [0.05, 0.1) is 0 Å². The first-order chi connectivity index (χ1) is 14.8. The molecule has 1 amide bonds. The van der Waals surface area contributed by atoms with Crippen molar-refractivity contribution in [2.45, 2.75) is 12.8 Å². The lowest BCUT2D eigenvalue weighted by molar-refractivity contribution is 0.102. The Morgan fingerprint density at radius 3 is 2.53 bits per heavy atom. The molecular weight excluding hydrogens is 376 g/mol. The van der Waals surface area contributed by atoms with Crippen molar-refractivity contribution < 1.29 is 13.9 Å². The van der Waals surface area contributed by atoms with Gasteiger partial charge >= 0.3 is 0 Å². The maximum absolute atomic E-state index is 12.7. The summed E-state index contributed by atoms with van der Waals surface area (Å²) in [5.41, 5.74) is 2.94. The molecule has 0 radical (unpaired) electrons. The second-order valence-electron chi connectivity index (χ2n) is 7.68. The third-order valence-electron chi connectivity index (χ3n) is 5.63. The Hall–Kier alpha value is -3.31. The van der Waals surface area contributed by atoms with Gasteiger partial charge < -0.3 is 14.5 Å². The molecule has 5 nitrogen and oxygen atoms in total. The van der Waals surface area contributed by atoms with Gasteiger partial charge in [-0.25, -0.2) is 0 Å². The highest BCUT2D eigenvalue weighted by Crippen LogP contribution is 2.29. The molecule has 3 aromatic carbocycles. The van der Waals surface area contributed by atoms with E-state index in [1.807, 2.05) is 60.7 Å². The molecule has 1 aliphatic rings. The van der Waals surface area contributed by atoms with Gasteiger partial charge in [0, 0.05) is 28.6 Å². The van der Waals surface area contributed by atoms with Gasteiger partial charge in [-0.15, -0.1) is 0 Å². The molecule has 152 valence electrons. The normalized spacial score (nSPS) is 14.4. The van der Waals surface area contributed by atoms with Crippen LogP contribution in [0.4, 0.5) is 5.69 Å². The highest BCUT2D eigenvalue weighted by atomic mass is 16.5. The Kier molecular flexibility index (Phi) is 5.11. The lowest BCUT2D eigenvalue weighted by Gasteiger charge is -2.15. The van der Waals surface area contributed by atoms with Crippen molar-refractivity contribution in [2.24, 2.45) is 0 Å². The zero-order valence-electron chi connectivity index (χ0n) is 16.8. The number of para-hydroxylation sites is 1. The number of amides is 1. The molecule has 0 unspecified atom stereocenters. The van der Waals surface area contributed by atoms with Gasteiger partial charge in [-0.05, 0) is 74.5 Å². The van der Waals surface area contributed by atoms with E-state index in [1.165, 1.54) is 25.9 Å². The molecule has 2 heterocycles. The van der Waals surface area contributed by atoms with Crippen LogP contribution in [0.25, 0.3) is 21.9 Å². The van der Waals surface area contributed by atoms with Crippen LogP contribution in [0, 0.1) is 0 Å². The topological polar surface area (TPSA) is 54.7 Å². The van der Waals surface area contributed by atoms with Crippen LogP contribution in [0.3, 0.4) is 0 Å². The maximum Gasteiger partial charge on any atom is 0.255 e. The van der Waals surface area contributed by atoms with E-state index in [-0.39, 0.29) is 5.91 Å². The lowest BCUT2D eigenvalue weighted by Crippen LogP contribution is -2.25. The maximum atomic E-state index is 12.7. The Balaban J connectivity index is 1.24. The molecule has 1 fully saturated rings.